The summed E-state index contributed by atoms with van der Waals surface area (Å²) in [7, 11) is 1.87. The second-order valence-electron chi connectivity index (χ2n) is 3.58. The summed E-state index contributed by atoms with van der Waals surface area (Å²) in [6.45, 7) is 0.312. The van der Waals surface area contributed by atoms with Gasteiger partial charge in [-0.05, 0) is 18.2 Å². The Morgan fingerprint density at radius 2 is 2.35 bits per heavy atom. The van der Waals surface area contributed by atoms with Gasteiger partial charge in [-0.2, -0.15) is 0 Å². The third kappa shape index (κ3) is 2.63. The summed E-state index contributed by atoms with van der Waals surface area (Å²) < 4.78 is 7.32. The van der Waals surface area contributed by atoms with Crippen LogP contribution in [0.3, 0.4) is 0 Å². The van der Waals surface area contributed by atoms with Gasteiger partial charge >= 0.3 is 5.97 Å². The molecule has 2 aromatic rings. The fourth-order valence-corrected chi connectivity index (χ4v) is 1.40. The molecule has 0 unspecified atom stereocenters. The highest BCUT2D eigenvalue weighted by Crippen LogP contribution is 2.14. The van der Waals surface area contributed by atoms with Crippen LogP contribution in [0, 0.1) is 0 Å². The topological polar surface area (TPSA) is 64.4 Å². The predicted octanol–water partition coefficient (Wildman–Crippen LogP) is 1.70. The lowest BCUT2D eigenvalue weighted by Gasteiger charge is -2.06. The van der Waals surface area contributed by atoms with Crippen molar-refractivity contribution in [1.29, 1.82) is 0 Å². The van der Waals surface area contributed by atoms with Crippen molar-refractivity contribution in [2.45, 2.75) is 6.61 Å². The first-order chi connectivity index (χ1) is 8.16. The van der Waals surface area contributed by atoms with Crippen molar-refractivity contribution in [2.24, 2.45) is 7.05 Å². The highest BCUT2D eigenvalue weighted by molar-refractivity contribution is 5.87. The van der Waals surface area contributed by atoms with Crippen LogP contribution < -0.4 is 4.74 Å². The molecule has 1 aromatic carbocycles. The number of carbonyl (C=O) groups is 1. The van der Waals surface area contributed by atoms with Gasteiger partial charge < -0.3 is 14.4 Å². The molecular formula is C12H12N2O3. The average molecular weight is 232 g/mol. The number of benzene rings is 1. The minimum Gasteiger partial charge on any atom is -0.486 e. The first-order valence-corrected chi connectivity index (χ1v) is 5.09. The third-order valence-corrected chi connectivity index (χ3v) is 2.37. The van der Waals surface area contributed by atoms with Crippen molar-refractivity contribution < 1.29 is 14.6 Å². The first kappa shape index (κ1) is 11.2. The van der Waals surface area contributed by atoms with E-state index in [0.29, 0.717) is 12.4 Å². The van der Waals surface area contributed by atoms with Crippen molar-refractivity contribution in [3.05, 3.63) is 48.0 Å². The van der Waals surface area contributed by atoms with Crippen LogP contribution in [0.4, 0.5) is 0 Å². The zero-order valence-electron chi connectivity index (χ0n) is 9.33. The number of imidazole rings is 1. The molecule has 2 rings (SSSR count). The highest BCUT2D eigenvalue weighted by Gasteiger charge is 2.05. The summed E-state index contributed by atoms with van der Waals surface area (Å²) in [5.41, 5.74) is 0.211. The number of ether oxygens (including phenoxy) is 1. The van der Waals surface area contributed by atoms with E-state index in [2.05, 4.69) is 4.98 Å². The van der Waals surface area contributed by atoms with Gasteiger partial charge in [-0.25, -0.2) is 9.78 Å². The molecule has 0 radical (unpaired) electrons. The summed E-state index contributed by atoms with van der Waals surface area (Å²) in [4.78, 5) is 14.9. The second-order valence-corrected chi connectivity index (χ2v) is 3.58. The number of carboxylic acid groups (broad SMARTS) is 1. The van der Waals surface area contributed by atoms with E-state index in [1.54, 1.807) is 18.3 Å². The molecule has 0 bridgehead atoms. The Balaban J connectivity index is 2.07. The van der Waals surface area contributed by atoms with E-state index in [4.69, 9.17) is 9.84 Å². The Morgan fingerprint density at radius 3 is 3.00 bits per heavy atom. The molecule has 1 heterocycles. The summed E-state index contributed by atoms with van der Waals surface area (Å²) in [5.74, 6) is 0.339. The molecule has 0 spiro atoms. The van der Waals surface area contributed by atoms with Crippen LogP contribution in [0.25, 0.3) is 0 Å². The molecule has 0 saturated heterocycles. The van der Waals surface area contributed by atoms with Gasteiger partial charge in [0.2, 0.25) is 0 Å². The van der Waals surface area contributed by atoms with Crippen molar-refractivity contribution in [1.82, 2.24) is 9.55 Å². The first-order valence-electron chi connectivity index (χ1n) is 5.09. The molecule has 88 valence electrons. The second kappa shape index (κ2) is 4.69. The zero-order valence-corrected chi connectivity index (χ0v) is 9.33. The molecular weight excluding hydrogens is 220 g/mol. The summed E-state index contributed by atoms with van der Waals surface area (Å²) in [5, 5.41) is 8.83. The number of nitrogens with zero attached hydrogens (tertiary/aromatic N) is 2. The number of aromatic nitrogens is 2. The Kier molecular flexibility index (Phi) is 3.09. The van der Waals surface area contributed by atoms with Crippen molar-refractivity contribution >= 4 is 5.97 Å². The van der Waals surface area contributed by atoms with Gasteiger partial charge in [0.05, 0.1) is 5.56 Å². The molecule has 5 heteroatoms. The number of hydrogen-bond donors (Lipinski definition) is 1. The molecule has 0 fully saturated rings. The van der Waals surface area contributed by atoms with Gasteiger partial charge in [0.25, 0.3) is 0 Å². The lowest BCUT2D eigenvalue weighted by molar-refractivity contribution is 0.0696. The molecule has 0 atom stereocenters. The molecule has 17 heavy (non-hydrogen) atoms. The molecule has 0 saturated carbocycles. The highest BCUT2D eigenvalue weighted by atomic mass is 16.5. The molecule has 0 aliphatic heterocycles. The third-order valence-electron chi connectivity index (χ3n) is 2.37. The fraction of sp³-hybridized carbons (Fsp3) is 0.167. The van der Waals surface area contributed by atoms with Gasteiger partial charge in [-0.1, -0.05) is 6.07 Å². The fourth-order valence-electron chi connectivity index (χ4n) is 1.40. The summed E-state index contributed by atoms with van der Waals surface area (Å²) in [6, 6.07) is 6.38. The van der Waals surface area contributed by atoms with Crippen molar-refractivity contribution in [3.63, 3.8) is 0 Å². The van der Waals surface area contributed by atoms with Crippen LogP contribution in [-0.2, 0) is 13.7 Å². The van der Waals surface area contributed by atoms with Gasteiger partial charge in [0, 0.05) is 19.4 Å². The van der Waals surface area contributed by atoms with E-state index in [-0.39, 0.29) is 5.56 Å². The smallest absolute Gasteiger partial charge is 0.335 e. The monoisotopic (exact) mass is 232 g/mol. The van der Waals surface area contributed by atoms with E-state index >= 15 is 0 Å². The average Bonchev–Trinajstić information content (AvgIpc) is 2.72. The Hall–Kier alpha value is -2.30. The van der Waals surface area contributed by atoms with Crippen LogP contribution in [0.2, 0.25) is 0 Å². The molecule has 0 amide bonds. The number of rotatable bonds is 4. The van der Waals surface area contributed by atoms with Gasteiger partial charge in [-0.15, -0.1) is 0 Å². The van der Waals surface area contributed by atoms with E-state index in [1.165, 1.54) is 12.1 Å². The minimum atomic E-state index is -0.965. The van der Waals surface area contributed by atoms with Crippen LogP contribution in [-0.4, -0.2) is 20.6 Å². The maximum Gasteiger partial charge on any atom is 0.335 e. The summed E-state index contributed by atoms with van der Waals surface area (Å²) in [6.07, 6.45) is 3.51. The molecule has 0 aliphatic carbocycles. The molecule has 1 aromatic heterocycles. The van der Waals surface area contributed by atoms with E-state index < -0.39 is 5.97 Å². The van der Waals surface area contributed by atoms with Gasteiger partial charge in [-0.3, -0.25) is 0 Å². The van der Waals surface area contributed by atoms with Gasteiger partial charge in [0.15, 0.2) is 0 Å². The van der Waals surface area contributed by atoms with Crippen LogP contribution in [0.1, 0.15) is 16.2 Å². The quantitative estimate of drug-likeness (QED) is 0.871. The standard InChI is InChI=1S/C12H12N2O3/c1-14-6-5-13-11(14)8-17-10-4-2-3-9(7-10)12(15)16/h2-7H,8H2,1H3,(H,15,16). The Bertz CT molecular complexity index is 534. The number of carboxylic acids is 1. The van der Waals surface area contributed by atoms with Gasteiger partial charge in [0.1, 0.15) is 18.2 Å². The predicted molar refractivity (Wildman–Crippen MR) is 60.9 cm³/mol. The minimum absolute atomic E-state index is 0.211. The van der Waals surface area contributed by atoms with Crippen LogP contribution in [0.5, 0.6) is 5.75 Å². The van der Waals surface area contributed by atoms with E-state index in [1.807, 2.05) is 17.8 Å². The zero-order chi connectivity index (χ0) is 12.3. The summed E-state index contributed by atoms with van der Waals surface area (Å²) >= 11 is 0. The molecule has 1 N–H and O–H groups in total. The normalized spacial score (nSPS) is 10.2. The van der Waals surface area contributed by atoms with Crippen molar-refractivity contribution in [2.75, 3.05) is 0 Å². The number of aryl methyl sites for hydroxylation is 1. The number of hydrogen-bond acceptors (Lipinski definition) is 3. The Morgan fingerprint density at radius 1 is 1.53 bits per heavy atom. The lowest BCUT2D eigenvalue weighted by Crippen LogP contribution is -2.03. The maximum absolute atomic E-state index is 10.8. The van der Waals surface area contributed by atoms with Crippen LogP contribution in [0.15, 0.2) is 36.7 Å². The maximum atomic E-state index is 10.8. The van der Waals surface area contributed by atoms with Crippen molar-refractivity contribution in [3.8, 4) is 5.75 Å². The Labute approximate surface area is 98.3 Å². The molecule has 0 aliphatic rings. The molecule has 5 nitrogen and oxygen atoms in total. The largest absolute Gasteiger partial charge is 0.486 e. The SMILES string of the molecule is Cn1ccnc1COc1cccc(C(=O)O)c1. The van der Waals surface area contributed by atoms with E-state index in [9.17, 15) is 4.79 Å². The number of aromatic carboxylic acids is 1. The van der Waals surface area contributed by atoms with E-state index in [0.717, 1.165) is 5.82 Å². The van der Waals surface area contributed by atoms with Crippen LogP contribution >= 0.6 is 0 Å². The lowest BCUT2D eigenvalue weighted by atomic mass is 10.2.